The van der Waals surface area contributed by atoms with Crippen LogP contribution in [0.15, 0.2) is 48.8 Å². The molecular weight excluding hydrogens is 392 g/mol. The van der Waals surface area contributed by atoms with E-state index in [9.17, 15) is 10.1 Å². The van der Waals surface area contributed by atoms with Gasteiger partial charge in [0.25, 0.3) is 0 Å². The molecule has 0 radical (unpaired) electrons. The zero-order chi connectivity index (χ0) is 20.4. The standard InChI is InChI=1S/C19H16N6O3S/c1-11-3-5-12(6-4-11)22-17-16(25(26)27)18(21-10-20-17)24-19-23-14-8-7-13(28-2)9-15(14)29-19/h3-10H,1-2H3,(H2,20,21,22,23,24). The first-order chi connectivity index (χ1) is 14.0. The molecule has 0 saturated carbocycles. The normalized spacial score (nSPS) is 10.7. The Labute approximate surface area is 169 Å². The molecule has 0 aliphatic heterocycles. The summed E-state index contributed by atoms with van der Waals surface area (Å²) >= 11 is 1.35. The van der Waals surface area contributed by atoms with Gasteiger partial charge in [0.15, 0.2) is 5.13 Å². The maximum absolute atomic E-state index is 11.7. The van der Waals surface area contributed by atoms with Gasteiger partial charge < -0.3 is 15.4 Å². The first-order valence-corrected chi connectivity index (χ1v) is 9.40. The number of ether oxygens (including phenoxy) is 1. The molecule has 0 unspecified atom stereocenters. The van der Waals surface area contributed by atoms with Crippen LogP contribution in [0.1, 0.15) is 5.56 Å². The number of hydrogen-bond donors (Lipinski definition) is 2. The number of thiazole rings is 1. The van der Waals surface area contributed by atoms with E-state index in [2.05, 4.69) is 25.6 Å². The summed E-state index contributed by atoms with van der Waals surface area (Å²) in [7, 11) is 1.59. The number of nitrogens with zero attached hydrogens (tertiary/aromatic N) is 4. The van der Waals surface area contributed by atoms with Crippen LogP contribution in [0.5, 0.6) is 5.75 Å². The van der Waals surface area contributed by atoms with Gasteiger partial charge in [-0.1, -0.05) is 29.0 Å². The van der Waals surface area contributed by atoms with Crippen LogP contribution in [0.25, 0.3) is 10.2 Å². The second-order valence-electron chi connectivity index (χ2n) is 6.15. The third-order valence-corrected chi connectivity index (χ3v) is 5.07. The fourth-order valence-electron chi connectivity index (χ4n) is 2.69. The lowest BCUT2D eigenvalue weighted by molar-refractivity contribution is -0.383. The Morgan fingerprint density at radius 2 is 1.79 bits per heavy atom. The van der Waals surface area contributed by atoms with E-state index in [1.54, 1.807) is 7.11 Å². The summed E-state index contributed by atoms with van der Waals surface area (Å²) in [6, 6.07) is 13.0. The first kappa shape index (κ1) is 18.6. The molecule has 29 heavy (non-hydrogen) atoms. The van der Waals surface area contributed by atoms with E-state index in [1.165, 1.54) is 17.7 Å². The van der Waals surface area contributed by atoms with Crippen molar-refractivity contribution in [2.45, 2.75) is 6.92 Å². The molecule has 0 spiro atoms. The molecule has 0 bridgehead atoms. The van der Waals surface area contributed by atoms with Crippen LogP contribution in [0.3, 0.4) is 0 Å². The number of aromatic nitrogens is 3. The largest absolute Gasteiger partial charge is 0.497 e. The van der Waals surface area contributed by atoms with E-state index in [1.807, 2.05) is 49.4 Å². The third kappa shape index (κ3) is 3.92. The molecule has 2 N–H and O–H groups in total. The van der Waals surface area contributed by atoms with Crippen LogP contribution < -0.4 is 15.4 Å². The van der Waals surface area contributed by atoms with Crippen LogP contribution in [-0.2, 0) is 0 Å². The number of anilines is 4. The zero-order valence-electron chi connectivity index (χ0n) is 15.5. The quantitative estimate of drug-likeness (QED) is 0.345. The molecular formula is C19H16N6O3S. The molecule has 146 valence electrons. The highest BCUT2D eigenvalue weighted by Crippen LogP contribution is 2.36. The van der Waals surface area contributed by atoms with Crippen LogP contribution in [0, 0.1) is 17.0 Å². The smallest absolute Gasteiger partial charge is 0.353 e. The van der Waals surface area contributed by atoms with E-state index < -0.39 is 4.92 Å². The molecule has 0 aliphatic carbocycles. The minimum absolute atomic E-state index is 0.0608. The Morgan fingerprint density at radius 3 is 2.48 bits per heavy atom. The molecule has 9 nitrogen and oxygen atoms in total. The first-order valence-electron chi connectivity index (χ1n) is 8.58. The highest BCUT2D eigenvalue weighted by Gasteiger charge is 2.24. The maximum atomic E-state index is 11.7. The lowest BCUT2D eigenvalue weighted by atomic mass is 10.2. The Hall–Kier alpha value is -3.79. The monoisotopic (exact) mass is 408 g/mol. The van der Waals surface area contributed by atoms with Crippen molar-refractivity contribution in [3.63, 3.8) is 0 Å². The Kier molecular flexibility index (Phi) is 4.92. The number of aryl methyl sites for hydroxylation is 1. The summed E-state index contributed by atoms with van der Waals surface area (Å²) in [6.45, 7) is 1.96. The van der Waals surface area contributed by atoms with Gasteiger partial charge >= 0.3 is 5.69 Å². The highest BCUT2D eigenvalue weighted by molar-refractivity contribution is 7.22. The lowest BCUT2D eigenvalue weighted by Gasteiger charge is -2.09. The topological polar surface area (TPSA) is 115 Å². The summed E-state index contributed by atoms with van der Waals surface area (Å²) < 4.78 is 6.11. The number of nitrogens with one attached hydrogen (secondary N) is 2. The minimum Gasteiger partial charge on any atom is -0.497 e. The second-order valence-corrected chi connectivity index (χ2v) is 7.18. The molecule has 0 atom stereocenters. The number of methoxy groups -OCH3 is 1. The molecule has 0 aliphatic rings. The second kappa shape index (κ2) is 7.68. The summed E-state index contributed by atoms with van der Waals surface area (Å²) in [5, 5.41) is 18.2. The van der Waals surface area contributed by atoms with Gasteiger partial charge in [-0.05, 0) is 37.3 Å². The van der Waals surface area contributed by atoms with Crippen molar-refractivity contribution in [2.24, 2.45) is 0 Å². The number of hydrogen-bond acceptors (Lipinski definition) is 9. The average molecular weight is 408 g/mol. The summed E-state index contributed by atoms with van der Waals surface area (Å²) in [5.41, 5.74) is 2.27. The summed E-state index contributed by atoms with van der Waals surface area (Å²) in [4.78, 5) is 23.8. The van der Waals surface area contributed by atoms with Gasteiger partial charge in [-0.3, -0.25) is 10.1 Å². The summed E-state index contributed by atoms with van der Waals surface area (Å²) in [5.74, 6) is 0.870. The van der Waals surface area contributed by atoms with Crippen molar-refractivity contribution < 1.29 is 9.66 Å². The van der Waals surface area contributed by atoms with E-state index in [0.717, 1.165) is 15.8 Å². The molecule has 0 saturated heterocycles. The number of nitro groups is 1. The molecule has 4 aromatic rings. The molecule has 0 amide bonds. The van der Waals surface area contributed by atoms with Gasteiger partial charge in [0.1, 0.15) is 12.1 Å². The van der Waals surface area contributed by atoms with E-state index in [0.29, 0.717) is 16.6 Å². The van der Waals surface area contributed by atoms with Crippen molar-refractivity contribution >= 4 is 49.7 Å². The number of fused-ring (bicyclic) bond motifs is 1. The van der Waals surface area contributed by atoms with Crippen molar-refractivity contribution in [2.75, 3.05) is 17.7 Å². The zero-order valence-corrected chi connectivity index (χ0v) is 16.4. The molecule has 2 heterocycles. The fraction of sp³-hybridized carbons (Fsp3) is 0.105. The van der Waals surface area contributed by atoms with Crippen molar-refractivity contribution in [3.05, 3.63) is 64.5 Å². The molecule has 2 aromatic carbocycles. The molecule has 4 rings (SSSR count). The Bertz CT molecular complexity index is 1190. The fourth-order valence-corrected chi connectivity index (χ4v) is 3.59. The predicted octanol–water partition coefficient (Wildman–Crippen LogP) is 4.80. The molecule has 2 aromatic heterocycles. The minimum atomic E-state index is -0.519. The van der Waals surface area contributed by atoms with Crippen LogP contribution >= 0.6 is 11.3 Å². The third-order valence-electron chi connectivity index (χ3n) is 4.14. The maximum Gasteiger partial charge on any atom is 0.353 e. The van der Waals surface area contributed by atoms with Crippen LogP contribution in [-0.4, -0.2) is 27.0 Å². The number of benzene rings is 2. The van der Waals surface area contributed by atoms with Gasteiger partial charge in [0.05, 0.1) is 22.2 Å². The summed E-state index contributed by atoms with van der Waals surface area (Å²) in [6.07, 6.45) is 1.27. The predicted molar refractivity (Wildman–Crippen MR) is 113 cm³/mol. The lowest BCUT2D eigenvalue weighted by Crippen LogP contribution is -2.05. The van der Waals surface area contributed by atoms with Gasteiger partial charge in [-0.15, -0.1) is 0 Å². The Balaban J connectivity index is 1.68. The van der Waals surface area contributed by atoms with Crippen LogP contribution in [0.2, 0.25) is 0 Å². The Morgan fingerprint density at radius 1 is 1.07 bits per heavy atom. The molecule has 10 heteroatoms. The number of rotatable bonds is 6. The average Bonchev–Trinajstić information content (AvgIpc) is 3.11. The SMILES string of the molecule is COc1ccc2nc(Nc3ncnc(Nc4ccc(C)cc4)c3[N+](=O)[O-])sc2c1. The van der Waals surface area contributed by atoms with Gasteiger partial charge in [-0.2, -0.15) is 0 Å². The van der Waals surface area contributed by atoms with E-state index in [4.69, 9.17) is 4.74 Å². The van der Waals surface area contributed by atoms with Crippen molar-refractivity contribution in [3.8, 4) is 5.75 Å². The van der Waals surface area contributed by atoms with Gasteiger partial charge in [-0.25, -0.2) is 15.0 Å². The van der Waals surface area contributed by atoms with E-state index >= 15 is 0 Å². The van der Waals surface area contributed by atoms with Gasteiger partial charge in [0, 0.05) is 5.69 Å². The van der Waals surface area contributed by atoms with Crippen molar-refractivity contribution in [1.29, 1.82) is 0 Å². The highest BCUT2D eigenvalue weighted by atomic mass is 32.1. The van der Waals surface area contributed by atoms with Crippen molar-refractivity contribution in [1.82, 2.24) is 15.0 Å². The van der Waals surface area contributed by atoms with Crippen LogP contribution in [0.4, 0.5) is 28.1 Å². The molecule has 0 fully saturated rings. The van der Waals surface area contributed by atoms with E-state index in [-0.39, 0.29) is 17.3 Å². The van der Waals surface area contributed by atoms with Gasteiger partial charge in [0.2, 0.25) is 11.6 Å².